The molecule has 0 unspecified atom stereocenters. The summed E-state index contributed by atoms with van der Waals surface area (Å²) in [7, 11) is 0. The van der Waals surface area contributed by atoms with Gasteiger partial charge in [-0.3, -0.25) is 9.78 Å². The van der Waals surface area contributed by atoms with Gasteiger partial charge in [0.15, 0.2) is 0 Å². The summed E-state index contributed by atoms with van der Waals surface area (Å²) < 4.78 is 0. The van der Waals surface area contributed by atoms with Gasteiger partial charge < -0.3 is 10.6 Å². The minimum absolute atomic E-state index is 0.139. The zero-order chi connectivity index (χ0) is 18.4. The first-order valence-electron chi connectivity index (χ1n) is 8.42. The minimum Gasteiger partial charge on any atom is -0.354 e. The number of pyridine rings is 1. The molecule has 2 aromatic carbocycles. The fraction of sp³-hybridized carbons (Fsp3) is 0.143. The Morgan fingerprint density at radius 2 is 1.88 bits per heavy atom. The number of nitrogens with one attached hydrogen (secondary N) is 2. The maximum Gasteiger partial charge on any atom is 0.252 e. The number of aromatic nitrogens is 1. The Labute approximate surface area is 158 Å². The van der Waals surface area contributed by atoms with E-state index in [1.807, 2.05) is 55.5 Å². The third-order valence-electron chi connectivity index (χ3n) is 4.02. The number of carbonyl (C=O) groups excluding carboxylic acids is 1. The second kappa shape index (κ2) is 8.50. The second-order valence-corrected chi connectivity index (χ2v) is 6.47. The van der Waals surface area contributed by atoms with Crippen molar-refractivity contribution in [3.05, 3.63) is 88.7 Å². The van der Waals surface area contributed by atoms with E-state index in [2.05, 4.69) is 15.6 Å². The standard InChI is InChI=1S/C21H20ClN3O/c1-15-7-8-18(22)12-20(15)25-19-11-17(13-23-14-19)21(26)24-10-9-16-5-3-2-4-6-16/h2-8,11-14,25H,9-10H2,1H3,(H,24,26). The Bertz CT molecular complexity index is 897. The summed E-state index contributed by atoms with van der Waals surface area (Å²) in [5.41, 5.74) is 4.40. The van der Waals surface area contributed by atoms with Crippen LogP contribution in [0.15, 0.2) is 67.0 Å². The van der Waals surface area contributed by atoms with Crippen molar-refractivity contribution in [2.24, 2.45) is 0 Å². The molecule has 1 heterocycles. The summed E-state index contributed by atoms with van der Waals surface area (Å²) in [6, 6.07) is 17.5. The number of nitrogens with zero attached hydrogens (tertiary/aromatic N) is 1. The maximum absolute atomic E-state index is 12.4. The molecule has 2 N–H and O–H groups in total. The van der Waals surface area contributed by atoms with Gasteiger partial charge in [0.1, 0.15) is 0 Å². The second-order valence-electron chi connectivity index (χ2n) is 6.04. The van der Waals surface area contributed by atoms with Crippen molar-refractivity contribution >= 4 is 28.9 Å². The van der Waals surface area contributed by atoms with Crippen LogP contribution >= 0.6 is 11.6 Å². The van der Waals surface area contributed by atoms with Crippen molar-refractivity contribution in [2.75, 3.05) is 11.9 Å². The zero-order valence-electron chi connectivity index (χ0n) is 14.5. The predicted octanol–water partition coefficient (Wildman–Crippen LogP) is 4.76. The molecule has 5 heteroatoms. The average molecular weight is 366 g/mol. The van der Waals surface area contributed by atoms with Crippen molar-refractivity contribution in [2.45, 2.75) is 13.3 Å². The third kappa shape index (κ3) is 4.83. The number of hydrogen-bond donors (Lipinski definition) is 2. The van der Waals surface area contributed by atoms with Gasteiger partial charge in [-0.05, 0) is 42.7 Å². The molecular weight excluding hydrogens is 346 g/mol. The summed E-state index contributed by atoms with van der Waals surface area (Å²) >= 11 is 6.05. The lowest BCUT2D eigenvalue weighted by atomic mass is 10.1. The minimum atomic E-state index is -0.139. The van der Waals surface area contributed by atoms with Crippen molar-refractivity contribution in [1.29, 1.82) is 0 Å². The van der Waals surface area contributed by atoms with Crippen LogP contribution in [0.25, 0.3) is 0 Å². The van der Waals surface area contributed by atoms with Crippen molar-refractivity contribution in [3.8, 4) is 0 Å². The molecule has 0 saturated heterocycles. The number of amides is 1. The number of benzene rings is 2. The van der Waals surface area contributed by atoms with Gasteiger partial charge in [0.05, 0.1) is 17.4 Å². The lowest BCUT2D eigenvalue weighted by Gasteiger charge is -2.11. The van der Waals surface area contributed by atoms with E-state index in [1.165, 1.54) is 5.56 Å². The summed E-state index contributed by atoms with van der Waals surface area (Å²) in [5.74, 6) is -0.139. The van der Waals surface area contributed by atoms with Crippen LogP contribution in [0, 0.1) is 6.92 Å². The molecule has 0 atom stereocenters. The van der Waals surface area contributed by atoms with Gasteiger partial charge in [0.2, 0.25) is 0 Å². The fourth-order valence-corrected chi connectivity index (χ4v) is 2.76. The van der Waals surface area contributed by atoms with Crippen LogP contribution in [-0.4, -0.2) is 17.4 Å². The third-order valence-corrected chi connectivity index (χ3v) is 4.26. The molecule has 132 valence electrons. The number of halogens is 1. The van der Waals surface area contributed by atoms with Gasteiger partial charge in [-0.25, -0.2) is 0 Å². The Morgan fingerprint density at radius 3 is 2.69 bits per heavy atom. The van der Waals surface area contributed by atoms with E-state index in [4.69, 9.17) is 11.6 Å². The molecule has 1 amide bonds. The highest BCUT2D eigenvalue weighted by Gasteiger charge is 2.08. The SMILES string of the molecule is Cc1ccc(Cl)cc1Nc1cncc(C(=O)NCCc2ccccc2)c1. The van der Waals surface area contributed by atoms with E-state index < -0.39 is 0 Å². The zero-order valence-corrected chi connectivity index (χ0v) is 15.3. The number of anilines is 2. The van der Waals surface area contributed by atoms with Crippen LogP contribution in [0.1, 0.15) is 21.5 Å². The van der Waals surface area contributed by atoms with E-state index >= 15 is 0 Å². The quantitative estimate of drug-likeness (QED) is 0.662. The molecule has 4 nitrogen and oxygen atoms in total. The van der Waals surface area contributed by atoms with Crippen LogP contribution in [0.5, 0.6) is 0 Å². The first kappa shape index (κ1) is 18.0. The van der Waals surface area contributed by atoms with E-state index in [1.54, 1.807) is 18.5 Å². The molecule has 3 aromatic rings. The lowest BCUT2D eigenvalue weighted by Crippen LogP contribution is -2.25. The molecule has 0 bridgehead atoms. The van der Waals surface area contributed by atoms with Gasteiger partial charge in [-0.15, -0.1) is 0 Å². The highest BCUT2D eigenvalue weighted by atomic mass is 35.5. The number of aryl methyl sites for hydroxylation is 1. The molecule has 0 spiro atoms. The molecule has 26 heavy (non-hydrogen) atoms. The average Bonchev–Trinajstić information content (AvgIpc) is 2.66. The summed E-state index contributed by atoms with van der Waals surface area (Å²) in [4.78, 5) is 16.5. The van der Waals surface area contributed by atoms with Crippen LogP contribution < -0.4 is 10.6 Å². The largest absolute Gasteiger partial charge is 0.354 e. The molecule has 0 aliphatic carbocycles. The van der Waals surface area contributed by atoms with Crippen molar-refractivity contribution in [1.82, 2.24) is 10.3 Å². The number of rotatable bonds is 6. The Kier molecular flexibility index (Phi) is 5.87. The molecule has 0 aliphatic rings. The molecule has 0 aliphatic heterocycles. The van der Waals surface area contributed by atoms with E-state index in [-0.39, 0.29) is 5.91 Å². The monoisotopic (exact) mass is 365 g/mol. The van der Waals surface area contributed by atoms with Crippen LogP contribution in [0.2, 0.25) is 5.02 Å². The molecular formula is C21H20ClN3O. The van der Waals surface area contributed by atoms with Crippen molar-refractivity contribution in [3.63, 3.8) is 0 Å². The summed E-state index contributed by atoms with van der Waals surface area (Å²) in [6.07, 6.45) is 4.04. The molecule has 0 radical (unpaired) electrons. The maximum atomic E-state index is 12.4. The highest BCUT2D eigenvalue weighted by Crippen LogP contribution is 2.24. The Hall–Kier alpha value is -2.85. The summed E-state index contributed by atoms with van der Waals surface area (Å²) in [5, 5.41) is 6.85. The van der Waals surface area contributed by atoms with Gasteiger partial charge >= 0.3 is 0 Å². The summed E-state index contributed by atoms with van der Waals surface area (Å²) in [6.45, 7) is 2.57. The molecule has 0 fully saturated rings. The van der Waals surface area contributed by atoms with Gasteiger partial charge in [-0.2, -0.15) is 0 Å². The van der Waals surface area contributed by atoms with E-state index in [9.17, 15) is 4.79 Å². The predicted molar refractivity (Wildman–Crippen MR) is 106 cm³/mol. The number of hydrogen-bond acceptors (Lipinski definition) is 3. The smallest absolute Gasteiger partial charge is 0.252 e. The molecule has 0 saturated carbocycles. The van der Waals surface area contributed by atoms with E-state index in [0.717, 1.165) is 23.4 Å². The lowest BCUT2D eigenvalue weighted by molar-refractivity contribution is 0.0954. The van der Waals surface area contributed by atoms with Crippen LogP contribution in [-0.2, 0) is 6.42 Å². The first-order valence-corrected chi connectivity index (χ1v) is 8.80. The first-order chi connectivity index (χ1) is 12.6. The van der Waals surface area contributed by atoms with Crippen LogP contribution in [0.3, 0.4) is 0 Å². The molecule has 1 aromatic heterocycles. The van der Waals surface area contributed by atoms with Crippen LogP contribution in [0.4, 0.5) is 11.4 Å². The molecule has 3 rings (SSSR count). The topological polar surface area (TPSA) is 54.0 Å². The van der Waals surface area contributed by atoms with Gasteiger partial charge in [-0.1, -0.05) is 48.0 Å². The normalized spacial score (nSPS) is 10.4. The van der Waals surface area contributed by atoms with Gasteiger partial charge in [0.25, 0.3) is 5.91 Å². The highest BCUT2D eigenvalue weighted by molar-refractivity contribution is 6.30. The van der Waals surface area contributed by atoms with Gasteiger partial charge in [0, 0.05) is 23.5 Å². The fourth-order valence-electron chi connectivity index (χ4n) is 2.58. The van der Waals surface area contributed by atoms with Crippen molar-refractivity contribution < 1.29 is 4.79 Å². The Morgan fingerprint density at radius 1 is 1.08 bits per heavy atom. The Balaban J connectivity index is 1.63. The van der Waals surface area contributed by atoms with E-state index in [0.29, 0.717) is 17.1 Å². The number of carbonyl (C=O) groups is 1.